The van der Waals surface area contributed by atoms with Gasteiger partial charge in [-0.2, -0.15) is 5.10 Å². The second-order valence-corrected chi connectivity index (χ2v) is 3.51. The molecule has 1 atom stereocenters. The topological polar surface area (TPSA) is 42.7 Å². The fraction of sp³-hybridized carbons (Fsp3) is 0.800. The Morgan fingerprint density at radius 2 is 2.14 bits per heavy atom. The van der Waals surface area contributed by atoms with Gasteiger partial charge in [-0.15, -0.1) is 0 Å². The zero-order valence-corrected chi connectivity index (χ0v) is 9.54. The molecule has 14 heavy (non-hydrogen) atoms. The van der Waals surface area contributed by atoms with Crippen LogP contribution in [0.4, 0.5) is 0 Å². The summed E-state index contributed by atoms with van der Waals surface area (Å²) in [5.41, 5.74) is 0. The van der Waals surface area contributed by atoms with E-state index in [4.69, 9.17) is 0 Å². The number of nitrogens with zero attached hydrogens (tertiary/aromatic N) is 3. The van der Waals surface area contributed by atoms with Crippen LogP contribution in [0.2, 0.25) is 0 Å². The SMILES string of the molecule is CCCc1nc(C(CC)NC)n(C)n1. The predicted molar refractivity (Wildman–Crippen MR) is 57.1 cm³/mol. The third-order valence-corrected chi connectivity index (χ3v) is 2.38. The Kier molecular flexibility index (Phi) is 4.07. The monoisotopic (exact) mass is 196 g/mol. The Morgan fingerprint density at radius 1 is 1.43 bits per heavy atom. The molecule has 1 aromatic heterocycles. The van der Waals surface area contributed by atoms with Crippen LogP contribution >= 0.6 is 0 Å². The highest BCUT2D eigenvalue weighted by Gasteiger charge is 2.14. The summed E-state index contributed by atoms with van der Waals surface area (Å²) in [5, 5.41) is 7.62. The highest BCUT2D eigenvalue weighted by atomic mass is 15.3. The summed E-state index contributed by atoms with van der Waals surface area (Å²) >= 11 is 0. The minimum atomic E-state index is 0.318. The van der Waals surface area contributed by atoms with Gasteiger partial charge in [0.25, 0.3) is 0 Å². The first-order chi connectivity index (χ1) is 6.72. The summed E-state index contributed by atoms with van der Waals surface area (Å²) in [6.45, 7) is 4.29. The van der Waals surface area contributed by atoms with Gasteiger partial charge in [0.1, 0.15) is 5.82 Å². The molecule has 80 valence electrons. The van der Waals surface area contributed by atoms with Crippen molar-refractivity contribution in [2.75, 3.05) is 7.05 Å². The summed E-state index contributed by atoms with van der Waals surface area (Å²) in [7, 11) is 3.92. The Labute approximate surface area is 85.7 Å². The van der Waals surface area contributed by atoms with Crippen molar-refractivity contribution in [1.29, 1.82) is 0 Å². The summed E-state index contributed by atoms with van der Waals surface area (Å²) < 4.78 is 1.88. The highest BCUT2D eigenvalue weighted by molar-refractivity contribution is 4.98. The van der Waals surface area contributed by atoms with E-state index in [0.29, 0.717) is 6.04 Å². The molecule has 0 radical (unpaired) electrons. The number of aromatic nitrogens is 3. The Hall–Kier alpha value is -0.900. The summed E-state index contributed by atoms with van der Waals surface area (Å²) in [4.78, 5) is 4.53. The molecular formula is C10H20N4. The molecule has 1 unspecified atom stereocenters. The van der Waals surface area contributed by atoms with Gasteiger partial charge in [0.05, 0.1) is 6.04 Å². The van der Waals surface area contributed by atoms with Crippen LogP contribution in [-0.2, 0) is 13.5 Å². The zero-order valence-electron chi connectivity index (χ0n) is 9.54. The fourth-order valence-electron chi connectivity index (χ4n) is 1.60. The van der Waals surface area contributed by atoms with E-state index in [1.807, 2.05) is 18.8 Å². The molecule has 0 bridgehead atoms. The molecule has 0 fully saturated rings. The lowest BCUT2D eigenvalue weighted by molar-refractivity contribution is 0.513. The number of hydrogen-bond donors (Lipinski definition) is 1. The molecule has 1 aromatic rings. The molecule has 0 aliphatic heterocycles. The maximum absolute atomic E-state index is 4.53. The Balaban J connectivity index is 2.85. The lowest BCUT2D eigenvalue weighted by Crippen LogP contribution is -2.19. The normalized spacial score (nSPS) is 13.1. The highest BCUT2D eigenvalue weighted by Crippen LogP contribution is 2.13. The minimum Gasteiger partial charge on any atom is -0.310 e. The molecule has 1 rings (SSSR count). The van der Waals surface area contributed by atoms with Crippen LogP contribution in [0.1, 0.15) is 44.4 Å². The zero-order chi connectivity index (χ0) is 10.6. The van der Waals surface area contributed by atoms with E-state index in [1.54, 1.807) is 0 Å². The van der Waals surface area contributed by atoms with Gasteiger partial charge in [-0.1, -0.05) is 13.8 Å². The average molecular weight is 196 g/mol. The van der Waals surface area contributed by atoms with Crippen molar-refractivity contribution in [3.05, 3.63) is 11.6 Å². The maximum Gasteiger partial charge on any atom is 0.151 e. The van der Waals surface area contributed by atoms with Gasteiger partial charge in [0.2, 0.25) is 0 Å². The van der Waals surface area contributed by atoms with Crippen molar-refractivity contribution in [3.8, 4) is 0 Å². The van der Waals surface area contributed by atoms with Crippen molar-refractivity contribution in [1.82, 2.24) is 20.1 Å². The molecule has 0 aliphatic carbocycles. The smallest absolute Gasteiger partial charge is 0.151 e. The van der Waals surface area contributed by atoms with Gasteiger partial charge in [-0.3, -0.25) is 4.68 Å². The van der Waals surface area contributed by atoms with Crippen LogP contribution in [0, 0.1) is 0 Å². The standard InChI is InChI=1S/C10H20N4/c1-5-7-9-12-10(14(4)13-9)8(6-2)11-3/h8,11H,5-7H2,1-4H3. The third kappa shape index (κ3) is 2.32. The van der Waals surface area contributed by atoms with Crippen LogP contribution in [0.5, 0.6) is 0 Å². The predicted octanol–water partition coefficient (Wildman–Crippen LogP) is 1.44. The molecule has 0 amide bonds. The van der Waals surface area contributed by atoms with E-state index in [-0.39, 0.29) is 0 Å². The molecule has 1 N–H and O–H groups in total. The van der Waals surface area contributed by atoms with E-state index >= 15 is 0 Å². The number of rotatable bonds is 5. The molecule has 0 aliphatic rings. The van der Waals surface area contributed by atoms with E-state index in [2.05, 4.69) is 29.2 Å². The first-order valence-electron chi connectivity index (χ1n) is 5.30. The Bertz CT molecular complexity index is 276. The molecule has 0 spiro atoms. The quantitative estimate of drug-likeness (QED) is 0.775. The first-order valence-corrected chi connectivity index (χ1v) is 5.30. The molecule has 0 saturated heterocycles. The van der Waals surface area contributed by atoms with Crippen LogP contribution in [0.15, 0.2) is 0 Å². The van der Waals surface area contributed by atoms with E-state index in [1.165, 1.54) is 0 Å². The van der Waals surface area contributed by atoms with Gasteiger partial charge in [0, 0.05) is 13.5 Å². The molecule has 0 saturated carbocycles. The largest absolute Gasteiger partial charge is 0.310 e. The van der Waals surface area contributed by atoms with Crippen molar-refractivity contribution in [2.24, 2.45) is 7.05 Å². The van der Waals surface area contributed by atoms with Gasteiger partial charge in [-0.25, -0.2) is 4.98 Å². The molecule has 1 heterocycles. The van der Waals surface area contributed by atoms with E-state index in [9.17, 15) is 0 Å². The van der Waals surface area contributed by atoms with Crippen molar-refractivity contribution in [2.45, 2.75) is 39.2 Å². The van der Waals surface area contributed by atoms with Crippen LogP contribution in [0.3, 0.4) is 0 Å². The lowest BCUT2D eigenvalue weighted by Gasteiger charge is -2.11. The summed E-state index contributed by atoms with van der Waals surface area (Å²) in [6.07, 6.45) is 3.10. The Morgan fingerprint density at radius 3 is 2.64 bits per heavy atom. The molecule has 4 nitrogen and oxygen atoms in total. The van der Waals surface area contributed by atoms with Crippen molar-refractivity contribution < 1.29 is 0 Å². The van der Waals surface area contributed by atoms with Gasteiger partial charge in [0.15, 0.2) is 5.82 Å². The minimum absolute atomic E-state index is 0.318. The lowest BCUT2D eigenvalue weighted by atomic mass is 10.2. The van der Waals surface area contributed by atoms with Crippen molar-refractivity contribution >= 4 is 0 Å². The third-order valence-electron chi connectivity index (χ3n) is 2.38. The maximum atomic E-state index is 4.53. The van der Waals surface area contributed by atoms with Crippen molar-refractivity contribution in [3.63, 3.8) is 0 Å². The van der Waals surface area contributed by atoms with Gasteiger partial charge < -0.3 is 5.32 Å². The number of aryl methyl sites for hydroxylation is 2. The fourth-order valence-corrected chi connectivity index (χ4v) is 1.60. The van der Waals surface area contributed by atoms with E-state index < -0.39 is 0 Å². The number of nitrogens with one attached hydrogen (secondary N) is 1. The first kappa shape index (κ1) is 11.2. The van der Waals surface area contributed by atoms with Crippen LogP contribution < -0.4 is 5.32 Å². The van der Waals surface area contributed by atoms with Crippen LogP contribution in [-0.4, -0.2) is 21.8 Å². The van der Waals surface area contributed by atoms with Gasteiger partial charge in [-0.05, 0) is 19.9 Å². The summed E-state index contributed by atoms with van der Waals surface area (Å²) in [6, 6.07) is 0.318. The van der Waals surface area contributed by atoms with Gasteiger partial charge >= 0.3 is 0 Å². The van der Waals surface area contributed by atoms with E-state index in [0.717, 1.165) is 30.9 Å². The number of hydrogen-bond acceptors (Lipinski definition) is 3. The second kappa shape index (κ2) is 5.10. The average Bonchev–Trinajstić information content (AvgIpc) is 2.51. The molecule has 4 heteroatoms. The summed E-state index contributed by atoms with van der Waals surface area (Å²) in [5.74, 6) is 2.00. The molecule has 0 aromatic carbocycles. The van der Waals surface area contributed by atoms with Crippen LogP contribution in [0.25, 0.3) is 0 Å². The molecular weight excluding hydrogens is 176 g/mol. The second-order valence-electron chi connectivity index (χ2n) is 3.51.